The van der Waals surface area contributed by atoms with Gasteiger partial charge in [0.1, 0.15) is 12.3 Å². The van der Waals surface area contributed by atoms with Gasteiger partial charge >= 0.3 is 0 Å². The molecule has 148 valence electrons. The summed E-state index contributed by atoms with van der Waals surface area (Å²) >= 11 is 0. The quantitative estimate of drug-likeness (QED) is 0.287. The zero-order valence-electron chi connectivity index (χ0n) is 16.2. The number of nitrogens with zero attached hydrogens (tertiary/aromatic N) is 1. The minimum absolute atomic E-state index is 0. The largest absolute Gasteiger partial charge is 0.497 e. The summed E-state index contributed by atoms with van der Waals surface area (Å²) in [6, 6.07) is 7.57. The lowest BCUT2D eigenvalue weighted by Crippen LogP contribution is -2.45. The molecule has 26 heavy (non-hydrogen) atoms. The Kier molecular flexibility index (Phi) is 12.0. The molecule has 1 amide bonds. The number of methoxy groups -OCH3 is 2. The van der Waals surface area contributed by atoms with Crippen molar-refractivity contribution >= 4 is 35.8 Å². The van der Waals surface area contributed by atoms with E-state index in [1.165, 1.54) is 0 Å². The van der Waals surface area contributed by atoms with Gasteiger partial charge in [0.25, 0.3) is 0 Å². The van der Waals surface area contributed by atoms with Gasteiger partial charge < -0.3 is 25.4 Å². The summed E-state index contributed by atoms with van der Waals surface area (Å²) in [4.78, 5) is 16.3. The van der Waals surface area contributed by atoms with Crippen molar-refractivity contribution in [1.82, 2.24) is 16.0 Å². The maximum absolute atomic E-state index is 12.0. The van der Waals surface area contributed by atoms with Crippen LogP contribution in [0.5, 0.6) is 5.75 Å². The third kappa shape index (κ3) is 9.81. The fraction of sp³-hybridized carbons (Fsp3) is 0.556. The smallest absolute Gasteiger partial charge is 0.242 e. The molecule has 7 nitrogen and oxygen atoms in total. The average Bonchev–Trinajstić information content (AvgIpc) is 2.62. The fourth-order valence-electron chi connectivity index (χ4n) is 1.86. The van der Waals surface area contributed by atoms with Crippen molar-refractivity contribution < 1.29 is 14.3 Å². The molecule has 0 aliphatic rings. The highest BCUT2D eigenvalue weighted by atomic mass is 127. The number of nitrogens with one attached hydrogen (secondary N) is 3. The van der Waals surface area contributed by atoms with Crippen LogP contribution in [-0.4, -0.2) is 51.3 Å². The highest BCUT2D eigenvalue weighted by Crippen LogP contribution is 2.10. The number of rotatable bonds is 9. The zero-order chi connectivity index (χ0) is 18.7. The summed E-state index contributed by atoms with van der Waals surface area (Å²) < 4.78 is 10.5. The molecule has 1 rings (SSSR count). The van der Waals surface area contributed by atoms with Gasteiger partial charge in [-0.3, -0.25) is 4.79 Å². The number of ether oxygens (including phenoxy) is 2. The molecule has 0 unspecified atom stereocenters. The molecule has 1 aromatic carbocycles. The number of amides is 1. The SMILES string of the molecule is CCNC(=NCC(=O)NCc1ccc(OC)cc1)NCC(C)(C)OC.I. The summed E-state index contributed by atoms with van der Waals surface area (Å²) in [5, 5.41) is 9.13. The molecule has 0 saturated carbocycles. The number of hydrogen-bond donors (Lipinski definition) is 3. The average molecular weight is 478 g/mol. The van der Waals surface area contributed by atoms with E-state index in [1.54, 1.807) is 14.2 Å². The second-order valence-electron chi connectivity index (χ2n) is 6.14. The standard InChI is InChI=1S/C18H30N4O3.HI/c1-6-19-17(22-13-18(2,3)25-5)21-12-16(23)20-11-14-7-9-15(24-4)10-8-14;/h7-10H,6,11-13H2,1-5H3,(H,20,23)(H2,19,21,22);1H. The molecule has 0 aliphatic carbocycles. The first-order valence-corrected chi connectivity index (χ1v) is 8.37. The van der Waals surface area contributed by atoms with Crippen molar-refractivity contribution in [2.24, 2.45) is 4.99 Å². The topological polar surface area (TPSA) is 84.0 Å². The fourth-order valence-corrected chi connectivity index (χ4v) is 1.86. The Morgan fingerprint density at radius 3 is 2.31 bits per heavy atom. The Balaban J connectivity index is 0.00000625. The Bertz CT molecular complexity index is 562. The number of aliphatic imine (C=N–C) groups is 1. The number of halogens is 1. The zero-order valence-corrected chi connectivity index (χ0v) is 18.5. The number of carbonyl (C=O) groups excluding carboxylic acids is 1. The summed E-state index contributed by atoms with van der Waals surface area (Å²) in [7, 11) is 3.29. The molecular formula is C18H31IN4O3. The van der Waals surface area contributed by atoms with Crippen LogP contribution in [0.15, 0.2) is 29.3 Å². The van der Waals surface area contributed by atoms with Crippen LogP contribution in [0.1, 0.15) is 26.3 Å². The predicted molar refractivity (Wildman–Crippen MR) is 115 cm³/mol. The van der Waals surface area contributed by atoms with Crippen LogP contribution in [-0.2, 0) is 16.1 Å². The van der Waals surface area contributed by atoms with Crippen LogP contribution in [0.2, 0.25) is 0 Å². The molecule has 0 atom stereocenters. The number of guanidine groups is 1. The Morgan fingerprint density at radius 1 is 1.12 bits per heavy atom. The highest BCUT2D eigenvalue weighted by Gasteiger charge is 2.16. The van der Waals surface area contributed by atoms with Gasteiger partial charge in [-0.25, -0.2) is 4.99 Å². The summed E-state index contributed by atoms with van der Waals surface area (Å²) in [6.07, 6.45) is 0. The maximum Gasteiger partial charge on any atom is 0.242 e. The van der Waals surface area contributed by atoms with Crippen LogP contribution < -0.4 is 20.7 Å². The van der Waals surface area contributed by atoms with Crippen LogP contribution in [0.3, 0.4) is 0 Å². The molecule has 0 bridgehead atoms. The van der Waals surface area contributed by atoms with E-state index >= 15 is 0 Å². The van der Waals surface area contributed by atoms with E-state index in [0.717, 1.165) is 11.3 Å². The van der Waals surface area contributed by atoms with Crippen molar-refractivity contribution in [3.8, 4) is 5.75 Å². The molecule has 0 spiro atoms. The van der Waals surface area contributed by atoms with Gasteiger partial charge in [-0.2, -0.15) is 0 Å². The highest BCUT2D eigenvalue weighted by molar-refractivity contribution is 14.0. The molecule has 0 aromatic heterocycles. The third-order valence-corrected chi connectivity index (χ3v) is 3.61. The van der Waals surface area contributed by atoms with E-state index in [4.69, 9.17) is 9.47 Å². The van der Waals surface area contributed by atoms with Gasteiger partial charge in [-0.15, -0.1) is 24.0 Å². The van der Waals surface area contributed by atoms with Crippen molar-refractivity contribution in [2.75, 3.05) is 33.9 Å². The van der Waals surface area contributed by atoms with Crippen molar-refractivity contribution in [3.05, 3.63) is 29.8 Å². The van der Waals surface area contributed by atoms with Crippen molar-refractivity contribution in [1.29, 1.82) is 0 Å². The van der Waals surface area contributed by atoms with Gasteiger partial charge in [-0.1, -0.05) is 12.1 Å². The summed E-state index contributed by atoms with van der Waals surface area (Å²) in [5.74, 6) is 1.24. The number of hydrogen-bond acceptors (Lipinski definition) is 4. The van der Waals surface area contributed by atoms with Crippen LogP contribution in [0, 0.1) is 0 Å². The van der Waals surface area contributed by atoms with Crippen LogP contribution >= 0.6 is 24.0 Å². The van der Waals surface area contributed by atoms with Crippen LogP contribution in [0.4, 0.5) is 0 Å². The first-order valence-electron chi connectivity index (χ1n) is 8.37. The van der Waals surface area contributed by atoms with E-state index < -0.39 is 0 Å². The lowest BCUT2D eigenvalue weighted by atomic mass is 10.1. The molecule has 8 heteroatoms. The van der Waals surface area contributed by atoms with Gasteiger partial charge in [0, 0.05) is 26.7 Å². The molecule has 0 fully saturated rings. The molecule has 0 radical (unpaired) electrons. The van der Waals surface area contributed by atoms with Gasteiger partial charge in [-0.05, 0) is 38.5 Å². The number of carbonyl (C=O) groups is 1. The summed E-state index contributed by atoms with van der Waals surface area (Å²) in [5.41, 5.74) is 0.692. The summed E-state index contributed by atoms with van der Waals surface area (Å²) in [6.45, 7) is 7.74. The van der Waals surface area contributed by atoms with E-state index in [2.05, 4.69) is 20.9 Å². The maximum atomic E-state index is 12.0. The Labute approximate surface area is 173 Å². The molecule has 3 N–H and O–H groups in total. The minimum atomic E-state index is -0.313. The van der Waals surface area contributed by atoms with Gasteiger partial charge in [0.05, 0.1) is 12.7 Å². The van der Waals surface area contributed by atoms with E-state index in [0.29, 0.717) is 25.6 Å². The first kappa shape index (κ1) is 24.5. The molecule has 0 saturated heterocycles. The number of benzene rings is 1. The van der Waals surface area contributed by atoms with Gasteiger partial charge in [0.15, 0.2) is 5.96 Å². The van der Waals surface area contributed by atoms with Crippen LogP contribution in [0.25, 0.3) is 0 Å². The van der Waals surface area contributed by atoms with Crippen molar-refractivity contribution in [3.63, 3.8) is 0 Å². The molecule has 0 heterocycles. The molecule has 0 aliphatic heterocycles. The lowest BCUT2D eigenvalue weighted by Gasteiger charge is -2.24. The second kappa shape index (κ2) is 12.7. The first-order chi connectivity index (χ1) is 11.9. The van der Waals surface area contributed by atoms with E-state index in [9.17, 15) is 4.79 Å². The lowest BCUT2D eigenvalue weighted by molar-refractivity contribution is -0.119. The minimum Gasteiger partial charge on any atom is -0.497 e. The monoisotopic (exact) mass is 478 g/mol. The molecular weight excluding hydrogens is 447 g/mol. The Morgan fingerprint density at radius 2 is 1.77 bits per heavy atom. The molecule has 1 aromatic rings. The third-order valence-electron chi connectivity index (χ3n) is 3.61. The predicted octanol–water partition coefficient (Wildman–Crippen LogP) is 1.91. The van der Waals surface area contributed by atoms with Crippen molar-refractivity contribution in [2.45, 2.75) is 32.9 Å². The Hall–Kier alpha value is -1.55. The van der Waals surface area contributed by atoms with Gasteiger partial charge in [0.2, 0.25) is 5.91 Å². The normalized spacial score (nSPS) is 11.3. The van der Waals surface area contributed by atoms with E-state index in [-0.39, 0.29) is 42.0 Å². The van der Waals surface area contributed by atoms with E-state index in [1.807, 2.05) is 45.0 Å². The second-order valence-corrected chi connectivity index (χ2v) is 6.14.